The van der Waals surface area contributed by atoms with Gasteiger partial charge in [-0.1, -0.05) is 6.58 Å². The van der Waals surface area contributed by atoms with Gasteiger partial charge < -0.3 is 24.4 Å². The van der Waals surface area contributed by atoms with Gasteiger partial charge in [0.15, 0.2) is 0 Å². The van der Waals surface area contributed by atoms with Crippen LogP contribution in [0.3, 0.4) is 0 Å². The first-order chi connectivity index (χ1) is 7.95. The van der Waals surface area contributed by atoms with Crippen molar-refractivity contribution < 1.29 is 34.0 Å². The van der Waals surface area contributed by atoms with Gasteiger partial charge in [0.25, 0.3) is 0 Å². The molecule has 0 saturated heterocycles. The number of hydrogen-bond donors (Lipinski definition) is 2. The highest BCUT2D eigenvalue weighted by molar-refractivity contribution is 5.86. The van der Waals surface area contributed by atoms with Crippen LogP contribution in [0.4, 0.5) is 4.79 Å². The largest absolute Gasteiger partial charge is 0.505 e. The van der Waals surface area contributed by atoms with Crippen molar-refractivity contribution in [3.8, 4) is 0 Å². The number of aliphatic hydroxyl groups is 1. The van der Waals surface area contributed by atoms with E-state index in [1.165, 1.54) is 7.11 Å². The summed E-state index contributed by atoms with van der Waals surface area (Å²) in [5, 5.41) is 16.1. The van der Waals surface area contributed by atoms with Crippen LogP contribution in [-0.2, 0) is 19.0 Å². The molecule has 0 saturated carbocycles. The maximum Gasteiger partial charge on any atom is 0.505 e. The highest BCUT2D eigenvalue weighted by Crippen LogP contribution is 1.87. The lowest BCUT2D eigenvalue weighted by Crippen LogP contribution is -2.09. The zero-order valence-corrected chi connectivity index (χ0v) is 9.97. The van der Waals surface area contributed by atoms with Gasteiger partial charge in [0.1, 0.15) is 6.61 Å². The molecule has 2 N–H and O–H groups in total. The van der Waals surface area contributed by atoms with Crippen LogP contribution in [0.1, 0.15) is 6.92 Å². The van der Waals surface area contributed by atoms with Crippen LogP contribution in [0.2, 0.25) is 0 Å². The van der Waals surface area contributed by atoms with Crippen molar-refractivity contribution in [3.63, 3.8) is 0 Å². The van der Waals surface area contributed by atoms with Gasteiger partial charge in [0, 0.05) is 5.57 Å². The Morgan fingerprint density at radius 2 is 1.82 bits per heavy atom. The summed E-state index contributed by atoms with van der Waals surface area (Å²) in [4.78, 5) is 19.9. The molecule has 0 atom stereocenters. The molecule has 0 spiro atoms. The summed E-state index contributed by atoms with van der Waals surface area (Å²) in [6, 6.07) is 0. The minimum atomic E-state index is -1.31. The first-order valence-electron chi connectivity index (χ1n) is 4.73. The molecular formula is C10H18O7. The predicted octanol–water partition coefficient (Wildman–Crippen LogP) is 0.425. The molecule has 0 aromatic rings. The van der Waals surface area contributed by atoms with Crippen molar-refractivity contribution in [1.29, 1.82) is 0 Å². The number of aliphatic hydroxyl groups excluding tert-OH is 1. The van der Waals surface area contributed by atoms with Crippen LogP contribution >= 0.6 is 0 Å². The molecule has 0 aromatic carbocycles. The van der Waals surface area contributed by atoms with Crippen molar-refractivity contribution >= 4 is 12.1 Å². The topological polar surface area (TPSA) is 102 Å². The molecule has 0 fully saturated rings. The van der Waals surface area contributed by atoms with E-state index in [0.29, 0.717) is 5.57 Å². The first-order valence-corrected chi connectivity index (χ1v) is 4.73. The summed E-state index contributed by atoms with van der Waals surface area (Å²) in [5.41, 5.74) is 0.433. The average Bonchev–Trinajstić information content (AvgIpc) is 2.28. The number of carbonyl (C=O) groups is 2. The number of ether oxygens (including phenoxy) is 3. The van der Waals surface area contributed by atoms with Crippen molar-refractivity contribution in [2.75, 3.05) is 33.5 Å². The molecule has 0 aliphatic carbocycles. The lowest BCUT2D eigenvalue weighted by molar-refractivity contribution is -0.136. The third-order valence-electron chi connectivity index (χ3n) is 1.22. The predicted molar refractivity (Wildman–Crippen MR) is 58.7 cm³/mol. The Balaban J connectivity index is 0. The van der Waals surface area contributed by atoms with E-state index in [2.05, 4.69) is 16.1 Å². The second-order valence-electron chi connectivity index (χ2n) is 2.72. The van der Waals surface area contributed by atoms with Gasteiger partial charge in [-0.05, 0) is 6.92 Å². The Labute approximate surface area is 99.6 Å². The van der Waals surface area contributed by atoms with Crippen LogP contribution in [0.5, 0.6) is 0 Å². The van der Waals surface area contributed by atoms with Gasteiger partial charge in [-0.15, -0.1) is 0 Å². The number of methoxy groups -OCH3 is 1. The molecule has 17 heavy (non-hydrogen) atoms. The van der Waals surface area contributed by atoms with Crippen molar-refractivity contribution in [2.24, 2.45) is 0 Å². The number of carbonyl (C=O) groups excluding carboxylic acids is 1. The number of hydrogen-bond acceptors (Lipinski definition) is 6. The smallest absolute Gasteiger partial charge is 0.466 e. The number of esters is 1. The molecule has 0 radical (unpaired) electrons. The summed E-state index contributed by atoms with van der Waals surface area (Å²) >= 11 is 0. The Hall–Kier alpha value is -1.60. The summed E-state index contributed by atoms with van der Waals surface area (Å²) in [6.07, 6.45) is -1.31. The van der Waals surface area contributed by atoms with E-state index < -0.39 is 6.16 Å². The maximum atomic E-state index is 10.2. The fourth-order valence-electron chi connectivity index (χ4n) is 0.529. The van der Waals surface area contributed by atoms with Gasteiger partial charge in [0.05, 0.1) is 26.9 Å². The fourth-order valence-corrected chi connectivity index (χ4v) is 0.529. The Kier molecular flexibility index (Phi) is 13.0. The van der Waals surface area contributed by atoms with Gasteiger partial charge in [-0.3, -0.25) is 0 Å². The molecule has 0 aliphatic rings. The lowest BCUT2D eigenvalue weighted by atomic mass is 10.4. The molecule has 100 valence electrons. The van der Waals surface area contributed by atoms with E-state index in [9.17, 15) is 9.59 Å². The van der Waals surface area contributed by atoms with Crippen LogP contribution in [0.15, 0.2) is 12.2 Å². The van der Waals surface area contributed by atoms with Crippen LogP contribution < -0.4 is 0 Å². The zero-order chi connectivity index (χ0) is 13.7. The maximum absolute atomic E-state index is 10.2. The fraction of sp³-hybridized carbons (Fsp3) is 0.600. The van der Waals surface area contributed by atoms with Gasteiger partial charge >= 0.3 is 12.1 Å². The first kappa shape index (κ1) is 17.8. The second-order valence-corrected chi connectivity index (χ2v) is 2.72. The van der Waals surface area contributed by atoms with Gasteiger partial charge in [-0.2, -0.15) is 0 Å². The third-order valence-corrected chi connectivity index (χ3v) is 1.22. The van der Waals surface area contributed by atoms with Gasteiger partial charge in [0.2, 0.25) is 0 Å². The molecule has 7 nitrogen and oxygen atoms in total. The molecule has 0 aromatic heterocycles. The Bertz CT molecular complexity index is 237. The molecule has 0 aliphatic heterocycles. The summed E-state index contributed by atoms with van der Waals surface area (Å²) in [5.74, 6) is -0.347. The highest BCUT2D eigenvalue weighted by atomic mass is 16.7. The Morgan fingerprint density at radius 3 is 2.12 bits per heavy atom. The highest BCUT2D eigenvalue weighted by Gasteiger charge is 1.95. The average molecular weight is 250 g/mol. The van der Waals surface area contributed by atoms with E-state index in [0.717, 1.165) is 0 Å². The van der Waals surface area contributed by atoms with Crippen molar-refractivity contribution in [1.82, 2.24) is 0 Å². The van der Waals surface area contributed by atoms with E-state index in [4.69, 9.17) is 14.9 Å². The lowest BCUT2D eigenvalue weighted by Gasteiger charge is -2.00. The summed E-state index contributed by atoms with van der Waals surface area (Å²) in [7, 11) is 1.33. The summed E-state index contributed by atoms with van der Waals surface area (Å²) in [6.45, 7) is 5.30. The van der Waals surface area contributed by atoms with Crippen LogP contribution in [-0.4, -0.2) is 55.9 Å². The molecule has 0 rings (SSSR count). The number of rotatable bonds is 6. The monoisotopic (exact) mass is 250 g/mol. The third kappa shape index (κ3) is 17.0. The molecule has 0 bridgehead atoms. The quantitative estimate of drug-likeness (QED) is 0.400. The second kappa shape index (κ2) is 12.5. The molecular weight excluding hydrogens is 232 g/mol. The van der Waals surface area contributed by atoms with E-state index in [-0.39, 0.29) is 32.4 Å². The van der Waals surface area contributed by atoms with Crippen molar-refractivity contribution in [3.05, 3.63) is 12.2 Å². The van der Waals surface area contributed by atoms with E-state index >= 15 is 0 Å². The molecule has 0 unspecified atom stereocenters. The standard InChI is InChI=1S/C5H10O5.C5H8O2/c6-1-2-9-3-4-10-5(7)8;1-4(2)5(6)7-3/h6H,1-4H2,(H,7,8);1H2,2-3H3. The molecule has 0 heterocycles. The zero-order valence-electron chi connectivity index (χ0n) is 9.97. The van der Waals surface area contributed by atoms with Crippen LogP contribution in [0, 0.1) is 0 Å². The van der Waals surface area contributed by atoms with Crippen LogP contribution in [0.25, 0.3) is 0 Å². The SMILES string of the molecule is C=C(C)C(=O)OC.O=C(O)OCCOCCO. The minimum Gasteiger partial charge on any atom is -0.466 e. The normalized spacial score (nSPS) is 8.65. The molecule has 0 amide bonds. The van der Waals surface area contributed by atoms with E-state index in [1.54, 1.807) is 6.92 Å². The number of carboxylic acid groups (broad SMARTS) is 1. The minimum absolute atomic E-state index is 0.00926. The van der Waals surface area contributed by atoms with E-state index in [1.807, 2.05) is 0 Å². The van der Waals surface area contributed by atoms with Gasteiger partial charge in [-0.25, -0.2) is 9.59 Å². The van der Waals surface area contributed by atoms with Crippen molar-refractivity contribution in [2.45, 2.75) is 6.92 Å². The molecule has 7 heteroatoms. The Morgan fingerprint density at radius 1 is 1.24 bits per heavy atom. The summed E-state index contributed by atoms with van der Waals surface area (Å²) < 4.78 is 13.1.